The molecule has 0 aliphatic rings. The number of nitrogens with two attached hydrogens (primary N) is 1. The highest BCUT2D eigenvalue weighted by atomic mass is 32.2. The number of thioether (sulfide) groups is 2. The highest BCUT2D eigenvalue weighted by Gasteiger charge is 2.24. The van der Waals surface area contributed by atoms with Gasteiger partial charge in [-0.25, -0.2) is 0 Å². The van der Waals surface area contributed by atoms with Crippen molar-refractivity contribution >= 4 is 33.8 Å². The van der Waals surface area contributed by atoms with Gasteiger partial charge in [0.25, 0.3) is 5.91 Å². The van der Waals surface area contributed by atoms with Crippen molar-refractivity contribution in [2.24, 2.45) is 10.7 Å². The van der Waals surface area contributed by atoms with Crippen molar-refractivity contribution in [3.05, 3.63) is 89.5 Å². The van der Waals surface area contributed by atoms with E-state index in [0.29, 0.717) is 34.8 Å². The largest absolute Gasteiger partial charge is 0.488 e. The van der Waals surface area contributed by atoms with E-state index in [1.165, 1.54) is 23.5 Å². The lowest BCUT2D eigenvalue weighted by Gasteiger charge is -2.16. The maximum atomic E-state index is 13.5. The van der Waals surface area contributed by atoms with Crippen molar-refractivity contribution in [3.8, 4) is 23.3 Å². The Labute approximate surface area is 213 Å². The normalized spacial score (nSPS) is 11.1. The van der Waals surface area contributed by atoms with Crippen LogP contribution in [0.15, 0.2) is 77.8 Å². The summed E-state index contributed by atoms with van der Waals surface area (Å²) in [7, 11) is 0. The lowest BCUT2D eigenvalue weighted by molar-refractivity contribution is 0.0996. The third-order valence-electron chi connectivity index (χ3n) is 4.64. The van der Waals surface area contributed by atoms with Gasteiger partial charge in [-0.3, -0.25) is 4.79 Å². The average molecular weight is 507 g/mol. The molecule has 35 heavy (non-hydrogen) atoms. The zero-order chi connectivity index (χ0) is 24.9. The number of carbonyl (C=O) groups excluding carboxylic acids is 1. The van der Waals surface area contributed by atoms with Crippen LogP contribution >= 0.6 is 23.5 Å². The molecule has 3 rings (SSSR count). The second-order valence-corrected chi connectivity index (χ2v) is 9.10. The van der Waals surface area contributed by atoms with E-state index in [-0.39, 0.29) is 23.5 Å². The number of nitrogens with zero attached hydrogens (tertiary/aromatic N) is 2. The molecule has 0 aliphatic heterocycles. The molecule has 180 valence electrons. The van der Waals surface area contributed by atoms with Gasteiger partial charge in [0.2, 0.25) is 0 Å². The molecular weight excluding hydrogens is 480 g/mol. The smallest absolute Gasteiger partial charge is 0.286 e. The molecule has 0 heterocycles. The molecule has 0 aromatic heterocycles. The molecule has 0 fully saturated rings. The van der Waals surface area contributed by atoms with Crippen LogP contribution in [0.25, 0.3) is 0 Å². The van der Waals surface area contributed by atoms with Crippen LogP contribution in [0.5, 0.6) is 17.2 Å². The van der Waals surface area contributed by atoms with Crippen LogP contribution in [0.2, 0.25) is 0 Å². The van der Waals surface area contributed by atoms with Crippen molar-refractivity contribution in [1.82, 2.24) is 5.32 Å². The van der Waals surface area contributed by atoms with Gasteiger partial charge in [0.05, 0.1) is 5.56 Å². The number of para-hydroxylation sites is 1. The third-order valence-corrected chi connectivity index (χ3v) is 6.62. The summed E-state index contributed by atoms with van der Waals surface area (Å²) in [5.41, 5.74) is 6.77. The fourth-order valence-corrected chi connectivity index (χ4v) is 4.33. The number of hydrogen-bond acceptors (Lipinski definition) is 8. The zero-order valence-electron chi connectivity index (χ0n) is 19.3. The quantitative estimate of drug-likeness (QED) is 0.171. The molecule has 0 saturated carbocycles. The molecule has 0 spiro atoms. The molecule has 3 aromatic rings. The van der Waals surface area contributed by atoms with Gasteiger partial charge in [-0.05, 0) is 36.1 Å². The molecule has 0 saturated heterocycles. The molecule has 0 radical (unpaired) electrons. The Morgan fingerprint density at radius 1 is 1.09 bits per heavy atom. The fraction of sp³-hybridized carbons (Fsp3) is 0.192. The number of amides is 1. The van der Waals surface area contributed by atoms with Crippen LogP contribution in [-0.2, 0) is 6.61 Å². The third kappa shape index (κ3) is 7.87. The SMILES string of the molecule is CSC(=NC(=O)c1c(OCc2ccccc2)ccc(C#N)c1Oc1ccccc1)SCNCCN. The molecule has 9 heteroatoms. The Hall–Kier alpha value is -3.29. The molecule has 7 nitrogen and oxygen atoms in total. The first kappa shape index (κ1) is 26.3. The van der Waals surface area contributed by atoms with E-state index in [1.807, 2.05) is 54.8 Å². The predicted octanol–water partition coefficient (Wildman–Crippen LogP) is 5.03. The van der Waals surface area contributed by atoms with E-state index in [2.05, 4.69) is 16.4 Å². The zero-order valence-corrected chi connectivity index (χ0v) is 20.9. The van der Waals surface area contributed by atoms with Crippen LogP contribution in [0.1, 0.15) is 21.5 Å². The minimum atomic E-state index is -0.549. The topological polar surface area (TPSA) is 110 Å². The standard InChI is InChI=1S/C26H26N4O3S2/c1-34-26(35-18-29-15-14-27)30-25(31)23-22(32-17-19-8-4-2-5-9-19)13-12-20(16-28)24(23)33-21-10-6-3-7-11-21/h2-13,29H,14-15,17-18,27H2,1H3. The Bertz CT molecular complexity index is 1180. The number of ether oxygens (including phenoxy) is 2. The van der Waals surface area contributed by atoms with Crippen molar-refractivity contribution in [3.63, 3.8) is 0 Å². The number of benzene rings is 3. The van der Waals surface area contributed by atoms with Gasteiger partial charge in [-0.2, -0.15) is 10.3 Å². The highest BCUT2D eigenvalue weighted by Crippen LogP contribution is 2.37. The van der Waals surface area contributed by atoms with Crippen LogP contribution in [0.3, 0.4) is 0 Å². The van der Waals surface area contributed by atoms with E-state index < -0.39 is 5.91 Å². The van der Waals surface area contributed by atoms with Gasteiger partial charge in [0, 0.05) is 19.0 Å². The number of aliphatic imine (C=N–C) groups is 1. The molecule has 0 unspecified atom stereocenters. The Morgan fingerprint density at radius 3 is 2.46 bits per heavy atom. The number of carbonyl (C=O) groups is 1. The maximum Gasteiger partial charge on any atom is 0.286 e. The summed E-state index contributed by atoms with van der Waals surface area (Å²) in [6.07, 6.45) is 1.85. The summed E-state index contributed by atoms with van der Waals surface area (Å²) >= 11 is 2.76. The Balaban J connectivity index is 2.00. The van der Waals surface area contributed by atoms with Gasteiger partial charge < -0.3 is 20.5 Å². The van der Waals surface area contributed by atoms with Gasteiger partial charge >= 0.3 is 0 Å². The van der Waals surface area contributed by atoms with Crippen LogP contribution < -0.4 is 20.5 Å². The average Bonchev–Trinajstić information content (AvgIpc) is 2.90. The van der Waals surface area contributed by atoms with Crippen molar-refractivity contribution in [1.29, 1.82) is 5.26 Å². The van der Waals surface area contributed by atoms with E-state index in [1.54, 1.807) is 24.3 Å². The summed E-state index contributed by atoms with van der Waals surface area (Å²) in [6.45, 7) is 1.43. The summed E-state index contributed by atoms with van der Waals surface area (Å²) in [5.74, 6) is 0.913. The monoisotopic (exact) mass is 506 g/mol. The molecule has 0 atom stereocenters. The minimum absolute atomic E-state index is 0.103. The number of nitrogens with one attached hydrogen (secondary N) is 1. The van der Waals surface area contributed by atoms with Gasteiger partial charge in [-0.1, -0.05) is 60.3 Å². The van der Waals surface area contributed by atoms with Crippen LogP contribution in [0, 0.1) is 11.3 Å². The second-order valence-electron chi connectivity index (χ2n) is 7.08. The van der Waals surface area contributed by atoms with Gasteiger partial charge in [0.15, 0.2) is 5.75 Å². The maximum absolute atomic E-state index is 13.5. The van der Waals surface area contributed by atoms with Crippen LogP contribution in [0.4, 0.5) is 0 Å². The lowest BCUT2D eigenvalue weighted by Crippen LogP contribution is -2.22. The van der Waals surface area contributed by atoms with Gasteiger partial charge in [-0.15, -0.1) is 11.8 Å². The Morgan fingerprint density at radius 2 is 1.80 bits per heavy atom. The van der Waals surface area contributed by atoms with Crippen molar-refractivity contribution in [2.45, 2.75) is 6.61 Å². The number of nitriles is 1. The molecule has 3 N–H and O–H groups in total. The molecule has 1 amide bonds. The van der Waals surface area contributed by atoms with Crippen LogP contribution in [-0.4, -0.2) is 35.5 Å². The molecular formula is C26H26N4O3S2. The highest BCUT2D eigenvalue weighted by molar-refractivity contribution is 8.38. The summed E-state index contributed by atoms with van der Waals surface area (Å²) < 4.78 is 12.6. The second kappa shape index (κ2) is 14.2. The number of hydrogen-bond donors (Lipinski definition) is 2. The number of rotatable bonds is 10. The molecule has 0 bridgehead atoms. The lowest BCUT2D eigenvalue weighted by atomic mass is 10.1. The van der Waals surface area contributed by atoms with Gasteiger partial charge in [0.1, 0.15) is 34.1 Å². The van der Waals surface area contributed by atoms with E-state index in [4.69, 9.17) is 15.2 Å². The first-order chi connectivity index (χ1) is 17.2. The molecule has 3 aromatic carbocycles. The first-order valence-electron chi connectivity index (χ1n) is 10.8. The van der Waals surface area contributed by atoms with E-state index in [0.717, 1.165) is 5.56 Å². The first-order valence-corrected chi connectivity index (χ1v) is 13.0. The Kier molecular flexibility index (Phi) is 10.7. The van der Waals surface area contributed by atoms with E-state index in [9.17, 15) is 10.1 Å². The summed E-state index contributed by atoms with van der Waals surface area (Å²) in [4.78, 5) is 17.8. The van der Waals surface area contributed by atoms with Crippen molar-refractivity contribution < 1.29 is 14.3 Å². The molecule has 0 aliphatic carbocycles. The van der Waals surface area contributed by atoms with E-state index >= 15 is 0 Å². The fourth-order valence-electron chi connectivity index (χ4n) is 2.99. The predicted molar refractivity (Wildman–Crippen MR) is 143 cm³/mol. The minimum Gasteiger partial charge on any atom is -0.488 e. The van der Waals surface area contributed by atoms with Crippen molar-refractivity contribution in [2.75, 3.05) is 25.2 Å². The summed E-state index contributed by atoms with van der Waals surface area (Å²) in [6, 6.07) is 23.9. The summed E-state index contributed by atoms with van der Waals surface area (Å²) in [5, 5.41) is 12.9.